The fourth-order valence-electron chi connectivity index (χ4n) is 2.16. The summed E-state index contributed by atoms with van der Waals surface area (Å²) in [7, 11) is 2.12. The highest BCUT2D eigenvalue weighted by Crippen LogP contribution is 2.14. The standard InChI is InChI=1S/C14H24N4O/c1-10(2)13-7-11(3)16-14(17-13)15-8-12-9-18(4)5-6-19-12/h7,10,12H,5-6,8-9H2,1-4H3,(H,15,16,17). The Hall–Kier alpha value is -1.20. The van der Waals surface area contributed by atoms with Crippen molar-refractivity contribution in [3.63, 3.8) is 0 Å². The molecule has 0 aromatic carbocycles. The van der Waals surface area contributed by atoms with E-state index < -0.39 is 0 Å². The molecule has 0 radical (unpaired) electrons. The fourth-order valence-corrected chi connectivity index (χ4v) is 2.16. The van der Waals surface area contributed by atoms with E-state index in [1.165, 1.54) is 0 Å². The molecule has 1 N–H and O–H groups in total. The molecular weight excluding hydrogens is 240 g/mol. The Bertz CT molecular complexity index is 422. The lowest BCUT2D eigenvalue weighted by Gasteiger charge is -2.30. The number of hydrogen-bond acceptors (Lipinski definition) is 5. The molecule has 19 heavy (non-hydrogen) atoms. The van der Waals surface area contributed by atoms with E-state index in [4.69, 9.17) is 4.74 Å². The van der Waals surface area contributed by atoms with Crippen LogP contribution >= 0.6 is 0 Å². The fraction of sp³-hybridized carbons (Fsp3) is 0.714. The second-order valence-electron chi connectivity index (χ2n) is 5.55. The van der Waals surface area contributed by atoms with Crippen molar-refractivity contribution in [2.45, 2.75) is 32.8 Å². The first kappa shape index (κ1) is 14.2. The molecule has 0 aliphatic carbocycles. The largest absolute Gasteiger partial charge is 0.374 e. The van der Waals surface area contributed by atoms with Crippen LogP contribution in [0.25, 0.3) is 0 Å². The van der Waals surface area contributed by atoms with Gasteiger partial charge in [-0.1, -0.05) is 13.8 Å². The topological polar surface area (TPSA) is 50.3 Å². The second-order valence-corrected chi connectivity index (χ2v) is 5.55. The second kappa shape index (κ2) is 6.30. The van der Waals surface area contributed by atoms with Gasteiger partial charge in [-0.3, -0.25) is 0 Å². The van der Waals surface area contributed by atoms with E-state index in [9.17, 15) is 0 Å². The predicted octanol–water partition coefficient (Wildman–Crippen LogP) is 1.65. The zero-order chi connectivity index (χ0) is 13.8. The number of rotatable bonds is 4. The molecule has 5 nitrogen and oxygen atoms in total. The summed E-state index contributed by atoms with van der Waals surface area (Å²) in [5.74, 6) is 1.12. The summed E-state index contributed by atoms with van der Waals surface area (Å²) in [5.41, 5.74) is 2.08. The maximum Gasteiger partial charge on any atom is 0.223 e. The Morgan fingerprint density at radius 3 is 2.95 bits per heavy atom. The van der Waals surface area contributed by atoms with Crippen molar-refractivity contribution in [2.24, 2.45) is 0 Å². The molecule has 2 rings (SSSR count). The average Bonchev–Trinajstić information content (AvgIpc) is 2.36. The third-order valence-corrected chi connectivity index (χ3v) is 3.30. The van der Waals surface area contributed by atoms with Gasteiger partial charge < -0.3 is 15.0 Å². The van der Waals surface area contributed by atoms with Crippen molar-refractivity contribution in [2.75, 3.05) is 38.6 Å². The van der Waals surface area contributed by atoms with Gasteiger partial charge in [0, 0.05) is 31.0 Å². The lowest BCUT2D eigenvalue weighted by molar-refractivity contribution is -0.0118. The first-order valence-electron chi connectivity index (χ1n) is 6.94. The van der Waals surface area contributed by atoms with Crippen molar-refractivity contribution in [3.05, 3.63) is 17.5 Å². The van der Waals surface area contributed by atoms with E-state index in [1.54, 1.807) is 0 Å². The Morgan fingerprint density at radius 2 is 2.26 bits per heavy atom. The van der Waals surface area contributed by atoms with Crippen LogP contribution in [0.2, 0.25) is 0 Å². The van der Waals surface area contributed by atoms with Crippen LogP contribution in [0.5, 0.6) is 0 Å². The van der Waals surface area contributed by atoms with Gasteiger partial charge in [0.1, 0.15) is 0 Å². The average molecular weight is 264 g/mol. The van der Waals surface area contributed by atoms with Gasteiger partial charge in [0.2, 0.25) is 5.95 Å². The maximum atomic E-state index is 5.72. The number of aromatic nitrogens is 2. The molecule has 1 aliphatic heterocycles. The van der Waals surface area contributed by atoms with Gasteiger partial charge in [0.15, 0.2) is 0 Å². The third-order valence-electron chi connectivity index (χ3n) is 3.30. The highest BCUT2D eigenvalue weighted by Gasteiger charge is 2.17. The number of likely N-dealkylation sites (N-methyl/N-ethyl adjacent to an activating group) is 1. The number of ether oxygens (including phenoxy) is 1. The maximum absolute atomic E-state index is 5.72. The van der Waals surface area contributed by atoms with E-state index in [0.717, 1.165) is 37.6 Å². The first-order chi connectivity index (χ1) is 9.04. The van der Waals surface area contributed by atoms with E-state index >= 15 is 0 Å². The zero-order valence-electron chi connectivity index (χ0n) is 12.3. The van der Waals surface area contributed by atoms with Crippen LogP contribution in [0, 0.1) is 6.92 Å². The Balaban J connectivity index is 1.95. The van der Waals surface area contributed by atoms with Gasteiger partial charge in [-0.05, 0) is 26.0 Å². The normalized spacial score (nSPS) is 20.8. The molecular formula is C14H24N4O. The van der Waals surface area contributed by atoms with Crippen LogP contribution in [0.3, 0.4) is 0 Å². The number of aryl methyl sites for hydroxylation is 1. The van der Waals surface area contributed by atoms with Crippen molar-refractivity contribution >= 4 is 5.95 Å². The zero-order valence-corrected chi connectivity index (χ0v) is 12.3. The van der Waals surface area contributed by atoms with Gasteiger partial charge in [-0.2, -0.15) is 0 Å². The van der Waals surface area contributed by atoms with Gasteiger partial charge in [0.25, 0.3) is 0 Å². The SMILES string of the molecule is Cc1cc(C(C)C)nc(NCC2CN(C)CCO2)n1. The van der Waals surface area contributed by atoms with Crippen molar-refractivity contribution in [1.82, 2.24) is 14.9 Å². The quantitative estimate of drug-likeness (QED) is 0.896. The Labute approximate surface area is 115 Å². The van der Waals surface area contributed by atoms with Crippen LogP contribution in [-0.2, 0) is 4.74 Å². The molecule has 1 fully saturated rings. The number of morpholine rings is 1. The van der Waals surface area contributed by atoms with Crippen LogP contribution in [-0.4, -0.2) is 54.3 Å². The third kappa shape index (κ3) is 4.14. The van der Waals surface area contributed by atoms with Gasteiger partial charge in [0.05, 0.1) is 12.7 Å². The minimum Gasteiger partial charge on any atom is -0.374 e. The summed E-state index contributed by atoms with van der Waals surface area (Å²) in [5, 5.41) is 3.30. The molecule has 0 amide bonds. The van der Waals surface area contributed by atoms with Crippen LogP contribution in [0.1, 0.15) is 31.2 Å². The smallest absolute Gasteiger partial charge is 0.223 e. The van der Waals surface area contributed by atoms with Crippen LogP contribution in [0.4, 0.5) is 5.95 Å². The van der Waals surface area contributed by atoms with Gasteiger partial charge >= 0.3 is 0 Å². The summed E-state index contributed by atoms with van der Waals surface area (Å²) in [4.78, 5) is 11.3. The highest BCUT2D eigenvalue weighted by atomic mass is 16.5. The summed E-state index contributed by atoms with van der Waals surface area (Å²) >= 11 is 0. The molecule has 5 heteroatoms. The van der Waals surface area contributed by atoms with E-state index in [2.05, 4.69) is 41.1 Å². The minimum atomic E-state index is 0.213. The molecule has 1 unspecified atom stereocenters. The lowest BCUT2D eigenvalue weighted by Crippen LogP contribution is -2.43. The highest BCUT2D eigenvalue weighted by molar-refractivity contribution is 5.29. The van der Waals surface area contributed by atoms with Gasteiger partial charge in [-0.25, -0.2) is 9.97 Å². The Kier molecular flexibility index (Phi) is 4.71. The van der Waals surface area contributed by atoms with Crippen molar-refractivity contribution in [3.8, 4) is 0 Å². The number of nitrogens with zero attached hydrogens (tertiary/aromatic N) is 3. The molecule has 0 bridgehead atoms. The molecule has 1 aromatic heterocycles. The minimum absolute atomic E-state index is 0.213. The summed E-state index contributed by atoms with van der Waals surface area (Å²) in [6.07, 6.45) is 0.213. The van der Waals surface area contributed by atoms with E-state index in [1.807, 2.05) is 13.0 Å². The van der Waals surface area contributed by atoms with Gasteiger partial charge in [-0.15, -0.1) is 0 Å². The number of anilines is 1. The summed E-state index contributed by atoms with van der Waals surface area (Å²) in [6.45, 7) is 9.81. The monoisotopic (exact) mass is 264 g/mol. The molecule has 1 aliphatic rings. The van der Waals surface area contributed by atoms with Crippen molar-refractivity contribution in [1.29, 1.82) is 0 Å². The Morgan fingerprint density at radius 1 is 1.47 bits per heavy atom. The summed E-state index contributed by atoms with van der Waals surface area (Å²) in [6, 6.07) is 2.04. The molecule has 2 heterocycles. The number of hydrogen-bond donors (Lipinski definition) is 1. The molecule has 1 saturated heterocycles. The lowest BCUT2D eigenvalue weighted by atomic mass is 10.1. The molecule has 1 aromatic rings. The molecule has 0 saturated carbocycles. The first-order valence-corrected chi connectivity index (χ1v) is 6.94. The van der Waals surface area contributed by atoms with Crippen molar-refractivity contribution < 1.29 is 4.74 Å². The molecule has 1 atom stereocenters. The molecule has 106 valence electrons. The summed E-state index contributed by atoms with van der Waals surface area (Å²) < 4.78 is 5.72. The number of nitrogens with one attached hydrogen (secondary N) is 1. The van der Waals surface area contributed by atoms with E-state index in [0.29, 0.717) is 11.9 Å². The van der Waals surface area contributed by atoms with E-state index in [-0.39, 0.29) is 6.10 Å². The van der Waals surface area contributed by atoms with Crippen LogP contribution in [0.15, 0.2) is 6.07 Å². The van der Waals surface area contributed by atoms with Crippen LogP contribution < -0.4 is 5.32 Å². The molecule has 0 spiro atoms. The predicted molar refractivity (Wildman–Crippen MR) is 76.6 cm³/mol.